The highest BCUT2D eigenvalue weighted by Crippen LogP contribution is 2.37. The molecule has 0 radical (unpaired) electrons. The quantitative estimate of drug-likeness (QED) is 0.665. The number of piperazine rings is 1. The number of halogens is 1. The minimum atomic E-state index is -0.502. The Hall–Kier alpha value is -1.83. The summed E-state index contributed by atoms with van der Waals surface area (Å²) in [5.74, 6) is -0.327. The molecule has 0 aliphatic carbocycles. The van der Waals surface area contributed by atoms with Gasteiger partial charge in [0.1, 0.15) is 12.2 Å². The molecule has 0 saturated carbocycles. The molecule has 7 nitrogen and oxygen atoms in total. The van der Waals surface area contributed by atoms with Crippen LogP contribution in [-0.2, 0) is 20.8 Å². The second kappa shape index (κ2) is 7.21. The van der Waals surface area contributed by atoms with Gasteiger partial charge in [-0.05, 0) is 26.8 Å². The molecule has 4 rings (SSSR count). The van der Waals surface area contributed by atoms with Gasteiger partial charge in [0.05, 0.1) is 29.3 Å². The number of hydrogen-bond acceptors (Lipinski definition) is 6. The lowest BCUT2D eigenvalue weighted by Gasteiger charge is -2.46. The van der Waals surface area contributed by atoms with Crippen LogP contribution >= 0.6 is 11.6 Å². The van der Waals surface area contributed by atoms with Crippen LogP contribution in [0.3, 0.4) is 0 Å². The molecule has 3 heterocycles. The average molecular weight is 409 g/mol. The monoisotopic (exact) mass is 408 g/mol. The molecule has 8 heteroatoms. The van der Waals surface area contributed by atoms with E-state index in [4.69, 9.17) is 25.8 Å². The summed E-state index contributed by atoms with van der Waals surface area (Å²) in [5, 5.41) is 0.555. The van der Waals surface area contributed by atoms with E-state index in [1.807, 2.05) is 26.8 Å². The highest BCUT2D eigenvalue weighted by atomic mass is 35.5. The zero-order valence-electron chi connectivity index (χ0n) is 16.4. The topological polar surface area (TPSA) is 68.3 Å². The second-order valence-electron chi connectivity index (χ2n) is 8.47. The standard InChI is InChI=1S/C20H25ClN2O5/c1-20(2,3)28-19(25)23-7-6-22-9-16(26-10-12(22)8-23)14-5-4-13-15(17(14)21)11-27-18(13)24/h4-5,12,16H,6-11H2,1-3H3/t12-,16?/m0/s1. The highest BCUT2D eigenvalue weighted by molar-refractivity contribution is 6.32. The van der Waals surface area contributed by atoms with Gasteiger partial charge in [-0.15, -0.1) is 0 Å². The van der Waals surface area contributed by atoms with Gasteiger partial charge < -0.3 is 19.1 Å². The Balaban J connectivity index is 1.42. The van der Waals surface area contributed by atoms with Crippen molar-refractivity contribution in [2.24, 2.45) is 0 Å². The van der Waals surface area contributed by atoms with E-state index < -0.39 is 5.60 Å². The van der Waals surface area contributed by atoms with Crippen LogP contribution in [0, 0.1) is 0 Å². The molecule has 2 fully saturated rings. The average Bonchev–Trinajstić information content (AvgIpc) is 3.02. The SMILES string of the molecule is CC(C)(C)OC(=O)N1CCN2CC(c3ccc4c(c3Cl)COC4=O)OC[C@@H]2C1. The summed E-state index contributed by atoms with van der Waals surface area (Å²) in [4.78, 5) is 28.1. The Labute approximate surface area is 169 Å². The molecule has 0 bridgehead atoms. The predicted octanol–water partition coefficient (Wildman–Crippen LogP) is 3.00. The summed E-state index contributed by atoms with van der Waals surface area (Å²) in [6.45, 7) is 8.99. The predicted molar refractivity (Wildman–Crippen MR) is 102 cm³/mol. The van der Waals surface area contributed by atoms with E-state index in [1.165, 1.54) is 0 Å². The van der Waals surface area contributed by atoms with Crippen LogP contribution in [0.5, 0.6) is 0 Å². The summed E-state index contributed by atoms with van der Waals surface area (Å²) < 4.78 is 16.7. The molecule has 152 valence electrons. The van der Waals surface area contributed by atoms with Crippen LogP contribution in [0.2, 0.25) is 5.02 Å². The van der Waals surface area contributed by atoms with Crippen LogP contribution in [0.4, 0.5) is 4.79 Å². The number of nitrogens with zero attached hydrogens (tertiary/aromatic N) is 2. The van der Waals surface area contributed by atoms with E-state index in [-0.39, 0.29) is 30.8 Å². The molecule has 1 aromatic rings. The highest BCUT2D eigenvalue weighted by Gasteiger charge is 2.38. The molecule has 2 saturated heterocycles. The number of fused-ring (bicyclic) bond motifs is 2. The molecule has 3 aliphatic heterocycles. The molecule has 1 aromatic carbocycles. The van der Waals surface area contributed by atoms with Crippen molar-refractivity contribution in [3.63, 3.8) is 0 Å². The van der Waals surface area contributed by atoms with E-state index in [9.17, 15) is 9.59 Å². The number of hydrogen-bond donors (Lipinski definition) is 0. The number of benzene rings is 1. The number of morpholine rings is 1. The first-order valence-electron chi connectivity index (χ1n) is 9.55. The molecule has 28 heavy (non-hydrogen) atoms. The maximum atomic E-state index is 12.3. The van der Waals surface area contributed by atoms with Gasteiger partial charge in [0.15, 0.2) is 0 Å². The number of carbonyl (C=O) groups excluding carboxylic acids is 2. The lowest BCUT2D eigenvalue weighted by Crippen LogP contribution is -2.60. The fourth-order valence-electron chi connectivity index (χ4n) is 3.90. The van der Waals surface area contributed by atoms with Crippen molar-refractivity contribution < 1.29 is 23.8 Å². The maximum absolute atomic E-state index is 12.3. The third kappa shape index (κ3) is 3.71. The Morgan fingerprint density at radius 1 is 1.25 bits per heavy atom. The number of cyclic esters (lactones) is 1. The molecular formula is C20H25ClN2O5. The minimum absolute atomic E-state index is 0.135. The van der Waals surface area contributed by atoms with Crippen molar-refractivity contribution >= 4 is 23.7 Å². The van der Waals surface area contributed by atoms with E-state index in [1.54, 1.807) is 11.0 Å². The smallest absolute Gasteiger partial charge is 0.410 e. The summed E-state index contributed by atoms with van der Waals surface area (Å²) in [6, 6.07) is 3.76. The van der Waals surface area contributed by atoms with E-state index in [2.05, 4.69) is 4.90 Å². The zero-order valence-corrected chi connectivity index (χ0v) is 17.1. The first-order valence-corrected chi connectivity index (χ1v) is 9.92. The lowest BCUT2D eigenvalue weighted by molar-refractivity contribution is -0.0906. The number of rotatable bonds is 1. The van der Waals surface area contributed by atoms with Crippen LogP contribution in [0.15, 0.2) is 12.1 Å². The van der Waals surface area contributed by atoms with Gasteiger partial charge in [0.25, 0.3) is 0 Å². The van der Waals surface area contributed by atoms with Crippen LogP contribution in [-0.4, -0.2) is 66.3 Å². The van der Waals surface area contributed by atoms with E-state index >= 15 is 0 Å². The Morgan fingerprint density at radius 3 is 2.79 bits per heavy atom. The summed E-state index contributed by atoms with van der Waals surface area (Å²) in [7, 11) is 0. The number of ether oxygens (including phenoxy) is 3. The van der Waals surface area contributed by atoms with Gasteiger partial charge >= 0.3 is 12.1 Å². The molecule has 1 unspecified atom stereocenters. The Kier molecular flexibility index (Phi) is 5.02. The number of esters is 1. The normalized spacial score (nSPS) is 25.1. The maximum Gasteiger partial charge on any atom is 0.410 e. The second-order valence-corrected chi connectivity index (χ2v) is 8.85. The minimum Gasteiger partial charge on any atom is -0.457 e. The van der Waals surface area contributed by atoms with Crippen molar-refractivity contribution in [3.8, 4) is 0 Å². The molecule has 0 spiro atoms. The number of carbonyl (C=O) groups is 2. The Bertz CT molecular complexity index is 807. The third-order valence-electron chi connectivity index (χ3n) is 5.33. The number of amides is 1. The summed E-state index contributed by atoms with van der Waals surface area (Å²) >= 11 is 6.55. The van der Waals surface area contributed by atoms with Crippen molar-refractivity contribution in [3.05, 3.63) is 33.8 Å². The molecule has 1 amide bonds. The fraction of sp³-hybridized carbons (Fsp3) is 0.600. The van der Waals surface area contributed by atoms with E-state index in [0.717, 1.165) is 17.7 Å². The zero-order chi connectivity index (χ0) is 20.1. The third-order valence-corrected chi connectivity index (χ3v) is 5.78. The first-order chi connectivity index (χ1) is 13.2. The molecular weight excluding hydrogens is 384 g/mol. The van der Waals surface area contributed by atoms with Gasteiger partial charge in [-0.1, -0.05) is 17.7 Å². The van der Waals surface area contributed by atoms with Crippen LogP contribution in [0.1, 0.15) is 48.4 Å². The largest absolute Gasteiger partial charge is 0.457 e. The van der Waals surface area contributed by atoms with Crippen molar-refractivity contribution in [1.29, 1.82) is 0 Å². The summed E-state index contributed by atoms with van der Waals surface area (Å²) in [6.07, 6.45) is -0.446. The summed E-state index contributed by atoms with van der Waals surface area (Å²) in [5.41, 5.74) is 1.66. The van der Waals surface area contributed by atoms with Gasteiger partial charge in [-0.3, -0.25) is 4.90 Å². The van der Waals surface area contributed by atoms with Gasteiger partial charge in [-0.2, -0.15) is 0 Å². The van der Waals surface area contributed by atoms with E-state index in [0.29, 0.717) is 36.8 Å². The molecule has 3 aliphatic rings. The van der Waals surface area contributed by atoms with Crippen molar-refractivity contribution in [2.75, 3.05) is 32.8 Å². The molecule has 0 N–H and O–H groups in total. The van der Waals surface area contributed by atoms with Gasteiger partial charge in [-0.25, -0.2) is 9.59 Å². The molecule has 0 aromatic heterocycles. The fourth-order valence-corrected chi connectivity index (χ4v) is 4.24. The van der Waals surface area contributed by atoms with Crippen molar-refractivity contribution in [1.82, 2.24) is 9.80 Å². The van der Waals surface area contributed by atoms with Crippen LogP contribution < -0.4 is 0 Å². The van der Waals surface area contributed by atoms with Gasteiger partial charge in [0.2, 0.25) is 0 Å². The molecule has 2 atom stereocenters. The first kappa shape index (κ1) is 19.5. The van der Waals surface area contributed by atoms with Crippen molar-refractivity contribution in [2.45, 2.75) is 45.1 Å². The van der Waals surface area contributed by atoms with Gasteiger partial charge in [0, 0.05) is 37.3 Å². The lowest BCUT2D eigenvalue weighted by atomic mass is 9.99. The van der Waals surface area contributed by atoms with Crippen LogP contribution in [0.25, 0.3) is 0 Å². The Morgan fingerprint density at radius 2 is 2.04 bits per heavy atom.